The van der Waals surface area contributed by atoms with E-state index < -0.39 is 0 Å². The molecule has 0 radical (unpaired) electrons. The summed E-state index contributed by atoms with van der Waals surface area (Å²) >= 11 is 0. The summed E-state index contributed by atoms with van der Waals surface area (Å²) in [6.45, 7) is 13.8. The molecule has 0 saturated carbocycles. The van der Waals surface area contributed by atoms with Crippen LogP contribution in [0.25, 0.3) is 0 Å². The number of ether oxygens (including phenoxy) is 1. The van der Waals surface area contributed by atoms with Crippen molar-refractivity contribution in [2.75, 3.05) is 46.4 Å². The highest BCUT2D eigenvalue weighted by Gasteiger charge is 2.00. The largest absolute Gasteiger partial charge is 0.380 e. The molecule has 0 heterocycles. The van der Waals surface area contributed by atoms with Crippen molar-refractivity contribution in [2.45, 2.75) is 20.3 Å². The molecular formula is C12H26N2O. The fraction of sp³-hybridized carbons (Fsp3) is 0.833. The van der Waals surface area contributed by atoms with E-state index in [4.69, 9.17) is 4.74 Å². The predicted octanol–water partition coefficient (Wildman–Crippen LogP) is 1.51. The van der Waals surface area contributed by atoms with E-state index in [1.807, 2.05) is 6.92 Å². The van der Waals surface area contributed by atoms with Crippen LogP contribution in [0.2, 0.25) is 0 Å². The maximum Gasteiger partial charge on any atom is 0.0593 e. The van der Waals surface area contributed by atoms with Crippen LogP contribution in [-0.2, 0) is 4.74 Å². The van der Waals surface area contributed by atoms with Gasteiger partial charge in [0, 0.05) is 26.2 Å². The number of nitrogens with one attached hydrogen (secondary N) is 1. The quantitative estimate of drug-likeness (QED) is 0.441. The van der Waals surface area contributed by atoms with Crippen LogP contribution in [0.1, 0.15) is 20.3 Å². The molecule has 0 aliphatic heterocycles. The summed E-state index contributed by atoms with van der Waals surface area (Å²) < 4.78 is 5.30. The summed E-state index contributed by atoms with van der Waals surface area (Å²) in [5.74, 6) is 0. The van der Waals surface area contributed by atoms with Gasteiger partial charge in [-0.3, -0.25) is 0 Å². The number of hydrogen-bond acceptors (Lipinski definition) is 3. The van der Waals surface area contributed by atoms with Gasteiger partial charge in [-0.2, -0.15) is 0 Å². The van der Waals surface area contributed by atoms with E-state index in [1.54, 1.807) is 0 Å². The van der Waals surface area contributed by atoms with E-state index >= 15 is 0 Å². The molecule has 0 rings (SSSR count). The van der Waals surface area contributed by atoms with Crippen LogP contribution >= 0.6 is 0 Å². The van der Waals surface area contributed by atoms with Crippen molar-refractivity contribution in [2.24, 2.45) is 0 Å². The van der Waals surface area contributed by atoms with Crippen LogP contribution in [0.4, 0.5) is 0 Å². The van der Waals surface area contributed by atoms with Crippen molar-refractivity contribution in [3.8, 4) is 0 Å². The Bertz CT molecular complexity index is 160. The minimum atomic E-state index is 0.798. The third kappa shape index (κ3) is 9.91. The van der Waals surface area contributed by atoms with E-state index in [2.05, 4.69) is 30.8 Å². The van der Waals surface area contributed by atoms with Crippen LogP contribution in [-0.4, -0.2) is 51.3 Å². The van der Waals surface area contributed by atoms with Crippen molar-refractivity contribution in [3.63, 3.8) is 0 Å². The molecule has 0 spiro atoms. The zero-order valence-electron chi connectivity index (χ0n) is 10.5. The van der Waals surface area contributed by atoms with Gasteiger partial charge in [-0.05, 0) is 32.5 Å². The Hall–Kier alpha value is -0.380. The smallest absolute Gasteiger partial charge is 0.0593 e. The number of likely N-dealkylation sites (N-methyl/N-ethyl adjacent to an activating group) is 1. The lowest BCUT2D eigenvalue weighted by molar-refractivity contribution is 0.125. The van der Waals surface area contributed by atoms with Gasteiger partial charge in [0.2, 0.25) is 0 Å². The van der Waals surface area contributed by atoms with Gasteiger partial charge in [-0.1, -0.05) is 13.5 Å². The highest BCUT2D eigenvalue weighted by Crippen LogP contribution is 1.93. The van der Waals surface area contributed by atoms with E-state index in [0.29, 0.717) is 0 Å². The molecule has 15 heavy (non-hydrogen) atoms. The first kappa shape index (κ1) is 14.6. The summed E-state index contributed by atoms with van der Waals surface area (Å²) in [5, 5.41) is 3.35. The number of nitrogens with zero attached hydrogens (tertiary/aromatic N) is 1. The van der Waals surface area contributed by atoms with Gasteiger partial charge in [0.05, 0.1) is 6.61 Å². The molecule has 0 fully saturated rings. The minimum Gasteiger partial charge on any atom is -0.380 e. The molecule has 0 bridgehead atoms. The lowest BCUT2D eigenvalue weighted by Gasteiger charge is -2.18. The zero-order valence-corrected chi connectivity index (χ0v) is 10.5. The van der Waals surface area contributed by atoms with Gasteiger partial charge < -0.3 is 15.0 Å². The number of rotatable bonds is 10. The first-order valence-electron chi connectivity index (χ1n) is 5.84. The number of hydrogen-bond donors (Lipinski definition) is 1. The maximum absolute atomic E-state index is 5.30. The highest BCUT2D eigenvalue weighted by molar-refractivity contribution is 4.99. The predicted molar refractivity (Wildman–Crippen MR) is 66.3 cm³/mol. The van der Waals surface area contributed by atoms with Crippen molar-refractivity contribution in [1.29, 1.82) is 0 Å². The molecule has 0 aromatic heterocycles. The average Bonchev–Trinajstić information content (AvgIpc) is 2.18. The topological polar surface area (TPSA) is 24.5 Å². The SMILES string of the molecule is C=C(CNCCC)CN(C)CCOCC. The summed E-state index contributed by atoms with van der Waals surface area (Å²) in [5.41, 5.74) is 1.24. The molecule has 3 heteroatoms. The molecule has 0 aliphatic carbocycles. The second-order valence-corrected chi connectivity index (χ2v) is 3.86. The van der Waals surface area contributed by atoms with Crippen LogP contribution in [0.5, 0.6) is 0 Å². The van der Waals surface area contributed by atoms with Crippen LogP contribution in [0, 0.1) is 0 Å². The van der Waals surface area contributed by atoms with Crippen molar-refractivity contribution in [3.05, 3.63) is 12.2 Å². The van der Waals surface area contributed by atoms with Gasteiger partial charge in [0.25, 0.3) is 0 Å². The fourth-order valence-corrected chi connectivity index (χ4v) is 1.32. The van der Waals surface area contributed by atoms with Crippen LogP contribution < -0.4 is 5.32 Å². The van der Waals surface area contributed by atoms with E-state index in [1.165, 1.54) is 12.0 Å². The Labute approximate surface area is 94.5 Å². The van der Waals surface area contributed by atoms with Gasteiger partial charge in [-0.15, -0.1) is 0 Å². The molecule has 90 valence electrons. The Morgan fingerprint density at radius 1 is 1.40 bits per heavy atom. The van der Waals surface area contributed by atoms with Crippen molar-refractivity contribution in [1.82, 2.24) is 10.2 Å². The third-order valence-electron chi connectivity index (χ3n) is 2.12. The second kappa shape index (κ2) is 10.1. The Morgan fingerprint density at radius 3 is 2.73 bits per heavy atom. The van der Waals surface area contributed by atoms with Gasteiger partial charge in [0.15, 0.2) is 0 Å². The van der Waals surface area contributed by atoms with Gasteiger partial charge in [-0.25, -0.2) is 0 Å². The summed E-state index contributed by atoms with van der Waals surface area (Å²) in [6.07, 6.45) is 1.17. The molecule has 0 aliphatic rings. The molecule has 0 atom stereocenters. The first-order valence-corrected chi connectivity index (χ1v) is 5.84. The van der Waals surface area contributed by atoms with Gasteiger partial charge >= 0.3 is 0 Å². The summed E-state index contributed by atoms with van der Waals surface area (Å²) in [6, 6.07) is 0. The lowest BCUT2D eigenvalue weighted by Crippen LogP contribution is -2.29. The Balaban J connectivity index is 3.40. The van der Waals surface area contributed by atoms with Gasteiger partial charge in [0.1, 0.15) is 0 Å². The highest BCUT2D eigenvalue weighted by atomic mass is 16.5. The molecule has 0 amide bonds. The van der Waals surface area contributed by atoms with Crippen molar-refractivity contribution < 1.29 is 4.74 Å². The normalized spacial score (nSPS) is 10.9. The average molecular weight is 214 g/mol. The van der Waals surface area contributed by atoms with Crippen LogP contribution in [0.3, 0.4) is 0 Å². The summed E-state index contributed by atoms with van der Waals surface area (Å²) in [4.78, 5) is 2.24. The van der Waals surface area contributed by atoms with E-state index in [9.17, 15) is 0 Å². The van der Waals surface area contributed by atoms with Crippen LogP contribution in [0.15, 0.2) is 12.2 Å². The molecule has 1 N–H and O–H groups in total. The van der Waals surface area contributed by atoms with E-state index in [0.717, 1.165) is 39.4 Å². The zero-order chi connectivity index (χ0) is 11.5. The molecule has 0 aromatic carbocycles. The monoisotopic (exact) mass is 214 g/mol. The minimum absolute atomic E-state index is 0.798. The van der Waals surface area contributed by atoms with E-state index in [-0.39, 0.29) is 0 Å². The standard InChI is InChI=1S/C12H26N2O/c1-5-7-13-10-12(3)11-14(4)8-9-15-6-2/h13H,3,5-11H2,1-2,4H3. The third-order valence-corrected chi connectivity index (χ3v) is 2.12. The van der Waals surface area contributed by atoms with Crippen molar-refractivity contribution >= 4 is 0 Å². The maximum atomic E-state index is 5.30. The fourth-order valence-electron chi connectivity index (χ4n) is 1.32. The first-order chi connectivity index (χ1) is 7.20. The molecule has 0 saturated heterocycles. The molecule has 3 nitrogen and oxygen atoms in total. The Kier molecular flexibility index (Phi) is 9.89. The summed E-state index contributed by atoms with van der Waals surface area (Å²) in [7, 11) is 2.10. The second-order valence-electron chi connectivity index (χ2n) is 3.86. The molecule has 0 aromatic rings. The lowest BCUT2D eigenvalue weighted by atomic mass is 10.3. The molecule has 0 unspecified atom stereocenters. The Morgan fingerprint density at radius 2 is 2.13 bits per heavy atom. The molecular weight excluding hydrogens is 188 g/mol.